The summed E-state index contributed by atoms with van der Waals surface area (Å²) in [6.07, 6.45) is 6.43. The summed E-state index contributed by atoms with van der Waals surface area (Å²) in [6.45, 7) is 12.9. The van der Waals surface area contributed by atoms with E-state index in [2.05, 4.69) is 39.9 Å². The minimum atomic E-state index is 0.450. The molecule has 2 rings (SSSR count). The van der Waals surface area contributed by atoms with Gasteiger partial charge >= 0.3 is 0 Å². The maximum Gasteiger partial charge on any atom is 0.157 e. The van der Waals surface area contributed by atoms with Crippen LogP contribution >= 0.6 is 11.8 Å². The van der Waals surface area contributed by atoms with E-state index in [4.69, 9.17) is 4.99 Å². The van der Waals surface area contributed by atoms with E-state index in [0.717, 1.165) is 11.8 Å². The lowest BCUT2D eigenvalue weighted by molar-refractivity contribution is 0.0925. The van der Waals surface area contributed by atoms with Crippen LogP contribution in [0.15, 0.2) is 4.99 Å². The van der Waals surface area contributed by atoms with Gasteiger partial charge in [-0.1, -0.05) is 52.8 Å². The van der Waals surface area contributed by atoms with Crippen molar-refractivity contribution < 1.29 is 0 Å². The Kier molecular flexibility index (Phi) is 4.54. The van der Waals surface area contributed by atoms with Crippen molar-refractivity contribution in [2.75, 3.05) is 6.54 Å². The van der Waals surface area contributed by atoms with Crippen molar-refractivity contribution in [3.63, 3.8) is 0 Å². The topological polar surface area (TPSA) is 24.4 Å². The minimum Gasteiger partial charge on any atom is -0.362 e. The zero-order valence-corrected chi connectivity index (χ0v) is 14.1. The van der Waals surface area contributed by atoms with Gasteiger partial charge in [-0.3, -0.25) is 4.99 Å². The van der Waals surface area contributed by atoms with Gasteiger partial charge in [0, 0.05) is 11.3 Å². The molecule has 1 atom stereocenters. The largest absolute Gasteiger partial charge is 0.362 e. The summed E-state index contributed by atoms with van der Waals surface area (Å²) in [5.74, 6) is 0. The fraction of sp³-hybridized carbons (Fsp3) is 0.938. The van der Waals surface area contributed by atoms with E-state index in [1.54, 1.807) is 0 Å². The summed E-state index contributed by atoms with van der Waals surface area (Å²) in [4.78, 5) is 4.69. The van der Waals surface area contributed by atoms with E-state index in [9.17, 15) is 0 Å². The first-order valence-electron chi connectivity index (χ1n) is 7.77. The third-order valence-corrected chi connectivity index (χ3v) is 5.40. The standard InChI is InChI=1S/C16H30N2S/c1-6-7-13-10-17-14(19-13)18-12-8-15(2,3)11-16(4,5)9-12/h12-13H,6-11H2,1-5H3,(H,17,18). The van der Waals surface area contributed by atoms with Crippen LogP contribution in [-0.2, 0) is 0 Å². The lowest BCUT2D eigenvalue weighted by Crippen LogP contribution is -2.45. The summed E-state index contributed by atoms with van der Waals surface area (Å²) in [6, 6.07) is 0.602. The molecule has 0 amide bonds. The maximum absolute atomic E-state index is 4.69. The predicted molar refractivity (Wildman–Crippen MR) is 86.9 cm³/mol. The minimum absolute atomic E-state index is 0.450. The second-order valence-electron chi connectivity index (χ2n) is 7.93. The van der Waals surface area contributed by atoms with Crippen LogP contribution in [0.25, 0.3) is 0 Å². The lowest BCUT2D eigenvalue weighted by atomic mass is 9.63. The van der Waals surface area contributed by atoms with E-state index in [1.165, 1.54) is 37.3 Å². The number of thioether (sulfide) groups is 1. The van der Waals surface area contributed by atoms with Crippen molar-refractivity contribution in [2.24, 2.45) is 15.8 Å². The first-order valence-corrected chi connectivity index (χ1v) is 8.65. The quantitative estimate of drug-likeness (QED) is 0.827. The van der Waals surface area contributed by atoms with Crippen molar-refractivity contribution in [3.8, 4) is 0 Å². The molecule has 0 aromatic carbocycles. The van der Waals surface area contributed by atoms with Gasteiger partial charge in [0.2, 0.25) is 0 Å². The van der Waals surface area contributed by atoms with E-state index in [0.29, 0.717) is 16.9 Å². The molecule has 0 radical (unpaired) electrons. The molecule has 1 saturated carbocycles. The van der Waals surface area contributed by atoms with Gasteiger partial charge in [-0.05, 0) is 36.5 Å². The smallest absolute Gasteiger partial charge is 0.157 e. The van der Waals surface area contributed by atoms with Crippen molar-refractivity contribution in [1.82, 2.24) is 5.32 Å². The number of aliphatic imine (C=N–C) groups is 1. The van der Waals surface area contributed by atoms with Gasteiger partial charge in [0.25, 0.3) is 0 Å². The predicted octanol–water partition coefficient (Wildman–Crippen LogP) is 4.45. The second kappa shape index (κ2) is 5.67. The SMILES string of the molecule is CCCC1CN=C(NC2CC(C)(C)CC(C)(C)C2)S1. The highest BCUT2D eigenvalue weighted by Gasteiger charge is 2.39. The molecule has 110 valence electrons. The number of rotatable bonds is 3. The number of hydrogen-bond acceptors (Lipinski definition) is 3. The Morgan fingerprint density at radius 3 is 2.42 bits per heavy atom. The van der Waals surface area contributed by atoms with Gasteiger partial charge in [-0.2, -0.15) is 0 Å². The Hall–Kier alpha value is -0.180. The zero-order chi connectivity index (χ0) is 14.1. The summed E-state index contributed by atoms with van der Waals surface area (Å²) >= 11 is 1.97. The van der Waals surface area contributed by atoms with Gasteiger partial charge in [0.1, 0.15) is 0 Å². The fourth-order valence-corrected chi connectivity index (χ4v) is 5.29. The van der Waals surface area contributed by atoms with Crippen LogP contribution in [0.5, 0.6) is 0 Å². The van der Waals surface area contributed by atoms with E-state index >= 15 is 0 Å². The highest BCUT2D eigenvalue weighted by Crippen LogP contribution is 2.45. The molecular weight excluding hydrogens is 252 g/mol. The third kappa shape index (κ3) is 4.40. The molecule has 1 aliphatic heterocycles. The van der Waals surface area contributed by atoms with Crippen LogP contribution in [0.2, 0.25) is 0 Å². The molecule has 0 aromatic rings. The molecule has 3 heteroatoms. The van der Waals surface area contributed by atoms with Crippen LogP contribution in [0, 0.1) is 10.8 Å². The number of nitrogens with one attached hydrogen (secondary N) is 1. The molecule has 0 aromatic heterocycles. The summed E-state index contributed by atoms with van der Waals surface area (Å²) in [5.41, 5.74) is 0.901. The van der Waals surface area contributed by atoms with Crippen molar-refractivity contribution in [1.29, 1.82) is 0 Å². The average molecular weight is 282 g/mol. The van der Waals surface area contributed by atoms with Gasteiger partial charge in [0.05, 0.1) is 6.54 Å². The van der Waals surface area contributed by atoms with Gasteiger partial charge in [-0.15, -0.1) is 0 Å². The highest BCUT2D eigenvalue weighted by molar-refractivity contribution is 8.14. The van der Waals surface area contributed by atoms with Crippen LogP contribution in [0.3, 0.4) is 0 Å². The molecule has 0 saturated heterocycles. The van der Waals surface area contributed by atoms with E-state index < -0.39 is 0 Å². The Morgan fingerprint density at radius 2 is 1.84 bits per heavy atom. The molecule has 1 aliphatic carbocycles. The van der Waals surface area contributed by atoms with Crippen molar-refractivity contribution in [3.05, 3.63) is 0 Å². The zero-order valence-electron chi connectivity index (χ0n) is 13.3. The van der Waals surface area contributed by atoms with E-state index in [1.807, 2.05) is 11.8 Å². The molecule has 1 N–H and O–H groups in total. The lowest BCUT2D eigenvalue weighted by Gasteiger charge is -2.45. The van der Waals surface area contributed by atoms with Gasteiger partial charge in [0.15, 0.2) is 5.17 Å². The van der Waals surface area contributed by atoms with Crippen LogP contribution in [-0.4, -0.2) is 23.0 Å². The maximum atomic E-state index is 4.69. The summed E-state index contributed by atoms with van der Waals surface area (Å²) in [5, 5.41) is 5.66. The number of nitrogens with zero attached hydrogens (tertiary/aromatic N) is 1. The first-order chi connectivity index (χ1) is 8.80. The molecule has 2 aliphatic rings. The highest BCUT2D eigenvalue weighted by atomic mass is 32.2. The molecule has 0 spiro atoms. The number of amidine groups is 1. The molecule has 2 nitrogen and oxygen atoms in total. The Balaban J connectivity index is 1.89. The van der Waals surface area contributed by atoms with Crippen LogP contribution < -0.4 is 5.32 Å². The van der Waals surface area contributed by atoms with E-state index in [-0.39, 0.29) is 0 Å². The van der Waals surface area contributed by atoms with Crippen LogP contribution in [0.4, 0.5) is 0 Å². The molecule has 0 bridgehead atoms. The summed E-state index contributed by atoms with van der Waals surface area (Å²) < 4.78 is 0. The Labute approximate surface area is 123 Å². The molecule has 1 unspecified atom stereocenters. The monoisotopic (exact) mass is 282 g/mol. The Morgan fingerprint density at radius 1 is 1.21 bits per heavy atom. The molecule has 19 heavy (non-hydrogen) atoms. The van der Waals surface area contributed by atoms with Crippen molar-refractivity contribution >= 4 is 16.9 Å². The molecule has 1 heterocycles. The Bertz CT molecular complexity index is 331. The third-order valence-electron chi connectivity index (χ3n) is 4.21. The summed E-state index contributed by atoms with van der Waals surface area (Å²) in [7, 11) is 0. The normalized spacial score (nSPS) is 30.2. The fourth-order valence-electron chi connectivity index (χ4n) is 4.09. The van der Waals surface area contributed by atoms with Crippen molar-refractivity contribution in [2.45, 2.75) is 78.0 Å². The second-order valence-corrected chi connectivity index (χ2v) is 9.22. The van der Waals surface area contributed by atoms with Gasteiger partial charge in [-0.25, -0.2) is 0 Å². The average Bonchev–Trinajstić information content (AvgIpc) is 2.60. The molecule has 1 fully saturated rings. The van der Waals surface area contributed by atoms with Gasteiger partial charge < -0.3 is 5.32 Å². The van der Waals surface area contributed by atoms with Crippen LogP contribution in [0.1, 0.15) is 66.7 Å². The molecular formula is C16H30N2S. The first kappa shape index (κ1) is 15.2. The number of hydrogen-bond donors (Lipinski definition) is 1.